The lowest BCUT2D eigenvalue weighted by atomic mass is 10.1. The highest BCUT2D eigenvalue weighted by atomic mass is 32.2. The van der Waals surface area contributed by atoms with Gasteiger partial charge in [-0.05, 0) is 18.2 Å². The van der Waals surface area contributed by atoms with Crippen LogP contribution in [0.25, 0.3) is 0 Å². The van der Waals surface area contributed by atoms with E-state index in [1.165, 1.54) is 22.7 Å². The number of carbonyl (C=O) groups excluding carboxylic acids is 2. The smallest absolute Gasteiger partial charge is 0.255 e. The van der Waals surface area contributed by atoms with Crippen LogP contribution in [0.3, 0.4) is 0 Å². The number of nitrogens with one attached hydrogen (secondary N) is 1. The molecule has 0 unspecified atom stereocenters. The number of amides is 2. The normalized spacial score (nSPS) is 10.5. The van der Waals surface area contributed by atoms with Crippen LogP contribution in [0.5, 0.6) is 0 Å². The molecular weight excluding hydrogens is 367 g/mol. The molecule has 0 aliphatic carbocycles. The second-order valence-electron chi connectivity index (χ2n) is 5.88. The molecule has 5 nitrogen and oxygen atoms in total. The zero-order chi connectivity index (χ0) is 19.6. The molecule has 7 heteroatoms. The third kappa shape index (κ3) is 6.37. The molecule has 0 aromatic heterocycles. The van der Waals surface area contributed by atoms with E-state index < -0.39 is 0 Å². The Balaban J connectivity index is 2.02. The van der Waals surface area contributed by atoms with Gasteiger partial charge >= 0.3 is 0 Å². The molecule has 2 rings (SSSR count). The number of rotatable bonds is 9. The highest BCUT2D eigenvalue weighted by molar-refractivity contribution is 8.00. The molecule has 0 radical (unpaired) electrons. The topological polar surface area (TPSA) is 58.6 Å². The Labute approximate surface area is 162 Å². The number of methoxy groups -OCH3 is 1. The van der Waals surface area contributed by atoms with E-state index >= 15 is 0 Å². The van der Waals surface area contributed by atoms with Crippen LogP contribution in [0.2, 0.25) is 0 Å². The standard InChI is InChI=1S/C20H23FN2O3S/c1-23(13-15-7-3-5-9-17(15)21)20(25)16-8-4-6-10-18(16)27-14-19(24)22-11-12-26-2/h3-10H,11-14H2,1-2H3,(H,22,24). The number of benzene rings is 2. The molecule has 0 bridgehead atoms. The van der Waals surface area contributed by atoms with Gasteiger partial charge in [0.1, 0.15) is 5.82 Å². The minimum Gasteiger partial charge on any atom is -0.383 e. The number of nitrogens with zero attached hydrogens (tertiary/aromatic N) is 1. The molecule has 2 aromatic carbocycles. The van der Waals surface area contributed by atoms with Gasteiger partial charge in [0.05, 0.1) is 17.9 Å². The minimum absolute atomic E-state index is 0.126. The third-order valence-electron chi connectivity index (χ3n) is 3.82. The molecule has 27 heavy (non-hydrogen) atoms. The number of hydrogen-bond acceptors (Lipinski definition) is 4. The van der Waals surface area contributed by atoms with Gasteiger partial charge in [-0.2, -0.15) is 0 Å². The Hall–Kier alpha value is -2.38. The summed E-state index contributed by atoms with van der Waals surface area (Å²) in [5.41, 5.74) is 0.946. The highest BCUT2D eigenvalue weighted by Gasteiger charge is 2.17. The molecule has 0 aliphatic rings. The number of halogens is 1. The largest absolute Gasteiger partial charge is 0.383 e. The maximum Gasteiger partial charge on any atom is 0.255 e. The second kappa shape index (κ2) is 10.7. The van der Waals surface area contributed by atoms with Gasteiger partial charge in [-0.15, -0.1) is 11.8 Å². The predicted molar refractivity (Wildman–Crippen MR) is 104 cm³/mol. The molecule has 0 saturated carbocycles. The SMILES string of the molecule is COCCNC(=O)CSc1ccccc1C(=O)N(C)Cc1ccccc1F. The first kappa shape index (κ1) is 20.9. The first-order chi connectivity index (χ1) is 13.0. The lowest BCUT2D eigenvalue weighted by molar-refractivity contribution is -0.118. The van der Waals surface area contributed by atoms with Crippen molar-refractivity contribution in [3.63, 3.8) is 0 Å². The maximum atomic E-state index is 13.8. The average Bonchev–Trinajstić information content (AvgIpc) is 2.68. The fourth-order valence-electron chi connectivity index (χ4n) is 2.42. The Morgan fingerprint density at radius 1 is 1.15 bits per heavy atom. The van der Waals surface area contributed by atoms with E-state index in [0.29, 0.717) is 29.2 Å². The van der Waals surface area contributed by atoms with Crippen LogP contribution in [0.4, 0.5) is 4.39 Å². The first-order valence-electron chi connectivity index (χ1n) is 8.49. The van der Waals surface area contributed by atoms with E-state index in [0.717, 1.165) is 0 Å². The van der Waals surface area contributed by atoms with Crippen LogP contribution < -0.4 is 5.32 Å². The Kier molecular flexibility index (Phi) is 8.29. The number of carbonyl (C=O) groups is 2. The number of ether oxygens (including phenoxy) is 1. The van der Waals surface area contributed by atoms with Crippen LogP contribution in [0, 0.1) is 5.82 Å². The summed E-state index contributed by atoms with van der Waals surface area (Å²) < 4.78 is 18.7. The Bertz CT molecular complexity index is 785. The van der Waals surface area contributed by atoms with Gasteiger partial charge in [-0.3, -0.25) is 9.59 Å². The zero-order valence-corrected chi connectivity index (χ0v) is 16.2. The third-order valence-corrected chi connectivity index (χ3v) is 4.89. The summed E-state index contributed by atoms with van der Waals surface area (Å²) in [6, 6.07) is 13.5. The molecule has 144 valence electrons. The van der Waals surface area contributed by atoms with Crippen molar-refractivity contribution in [1.29, 1.82) is 0 Å². The summed E-state index contributed by atoms with van der Waals surface area (Å²) in [4.78, 5) is 26.9. The van der Waals surface area contributed by atoms with Crippen LogP contribution in [-0.4, -0.2) is 49.8 Å². The molecule has 2 amide bonds. The quantitative estimate of drug-likeness (QED) is 0.528. The van der Waals surface area contributed by atoms with Gasteiger partial charge in [-0.25, -0.2) is 4.39 Å². The molecule has 0 spiro atoms. The van der Waals surface area contributed by atoms with Crippen molar-refractivity contribution in [3.8, 4) is 0 Å². The fraction of sp³-hybridized carbons (Fsp3) is 0.300. The molecule has 2 aromatic rings. The zero-order valence-electron chi connectivity index (χ0n) is 15.4. The van der Waals surface area contributed by atoms with Gasteiger partial charge in [0.25, 0.3) is 5.91 Å². The van der Waals surface area contributed by atoms with E-state index in [2.05, 4.69) is 5.32 Å². The van der Waals surface area contributed by atoms with Crippen molar-refractivity contribution < 1.29 is 18.7 Å². The second-order valence-corrected chi connectivity index (χ2v) is 6.90. The van der Waals surface area contributed by atoms with Crippen LogP contribution in [0.1, 0.15) is 15.9 Å². The number of hydrogen-bond donors (Lipinski definition) is 1. The van der Waals surface area contributed by atoms with Crippen molar-refractivity contribution in [2.75, 3.05) is 33.1 Å². The van der Waals surface area contributed by atoms with Crippen molar-refractivity contribution >= 4 is 23.6 Å². The van der Waals surface area contributed by atoms with Gasteiger partial charge in [-0.1, -0.05) is 30.3 Å². The van der Waals surface area contributed by atoms with Gasteiger partial charge < -0.3 is 15.0 Å². The molecule has 0 atom stereocenters. The summed E-state index contributed by atoms with van der Waals surface area (Å²) >= 11 is 1.29. The van der Waals surface area contributed by atoms with Gasteiger partial charge in [0.2, 0.25) is 5.91 Å². The number of thioether (sulfide) groups is 1. The first-order valence-corrected chi connectivity index (χ1v) is 9.47. The van der Waals surface area contributed by atoms with Crippen LogP contribution >= 0.6 is 11.8 Å². The van der Waals surface area contributed by atoms with E-state index in [-0.39, 0.29) is 29.9 Å². The minimum atomic E-state index is -0.340. The molecule has 1 N–H and O–H groups in total. The lowest BCUT2D eigenvalue weighted by Gasteiger charge is -2.19. The Morgan fingerprint density at radius 2 is 1.85 bits per heavy atom. The Morgan fingerprint density at radius 3 is 2.59 bits per heavy atom. The van der Waals surface area contributed by atoms with E-state index in [1.807, 2.05) is 6.07 Å². The van der Waals surface area contributed by atoms with Crippen LogP contribution in [-0.2, 0) is 16.1 Å². The van der Waals surface area contributed by atoms with Crippen molar-refractivity contribution in [1.82, 2.24) is 10.2 Å². The molecule has 0 saturated heterocycles. The predicted octanol–water partition coefficient (Wildman–Crippen LogP) is 2.95. The van der Waals surface area contributed by atoms with Crippen molar-refractivity contribution in [3.05, 3.63) is 65.5 Å². The lowest BCUT2D eigenvalue weighted by Crippen LogP contribution is -2.29. The summed E-state index contributed by atoms with van der Waals surface area (Å²) in [6.07, 6.45) is 0. The van der Waals surface area contributed by atoms with E-state index in [1.54, 1.807) is 50.6 Å². The van der Waals surface area contributed by atoms with Crippen LogP contribution in [0.15, 0.2) is 53.4 Å². The monoisotopic (exact) mass is 390 g/mol. The average molecular weight is 390 g/mol. The molecule has 0 fully saturated rings. The molecule has 0 aliphatic heterocycles. The summed E-state index contributed by atoms with van der Waals surface area (Å²) in [6.45, 7) is 1.07. The summed E-state index contributed by atoms with van der Waals surface area (Å²) in [5.74, 6) is -0.488. The molecule has 0 heterocycles. The highest BCUT2D eigenvalue weighted by Crippen LogP contribution is 2.24. The van der Waals surface area contributed by atoms with Gasteiger partial charge in [0.15, 0.2) is 0 Å². The van der Waals surface area contributed by atoms with Gasteiger partial charge in [0, 0.05) is 37.7 Å². The summed E-state index contributed by atoms with van der Waals surface area (Å²) in [5, 5.41) is 2.74. The summed E-state index contributed by atoms with van der Waals surface area (Å²) in [7, 11) is 3.20. The molecular formula is C20H23FN2O3S. The maximum absolute atomic E-state index is 13.8. The van der Waals surface area contributed by atoms with E-state index in [4.69, 9.17) is 4.74 Å². The van der Waals surface area contributed by atoms with Crippen molar-refractivity contribution in [2.24, 2.45) is 0 Å². The fourth-order valence-corrected chi connectivity index (χ4v) is 3.29. The van der Waals surface area contributed by atoms with E-state index in [9.17, 15) is 14.0 Å². The van der Waals surface area contributed by atoms with Crippen molar-refractivity contribution in [2.45, 2.75) is 11.4 Å².